The lowest BCUT2D eigenvalue weighted by atomic mass is 10.2. The quantitative estimate of drug-likeness (QED) is 0.597. The number of aromatic nitrogens is 2. The highest BCUT2D eigenvalue weighted by Crippen LogP contribution is 2.10. The number of rotatable bonds is 2. The van der Waals surface area contributed by atoms with Gasteiger partial charge in [0.2, 0.25) is 0 Å². The fraction of sp³-hybridized carbons (Fsp3) is 0.429. The molecule has 3 N–H and O–H groups in total. The third kappa shape index (κ3) is 1.94. The lowest BCUT2D eigenvalue weighted by molar-refractivity contribution is 1.09. The molecule has 1 heterocycles. The monoisotopic (exact) mass is 184 g/mol. The first kappa shape index (κ1) is 8.99. The van der Waals surface area contributed by atoms with Crippen LogP contribution in [0.25, 0.3) is 0 Å². The summed E-state index contributed by atoms with van der Waals surface area (Å²) in [6.45, 7) is 2.07. The fourth-order valence-electron chi connectivity index (χ4n) is 0.863. The molecule has 5 heteroatoms. The summed E-state index contributed by atoms with van der Waals surface area (Å²) in [7, 11) is 1.77. The average Bonchev–Trinajstić information content (AvgIpc) is 2.51. The Balaban J connectivity index is 2.68. The van der Waals surface area contributed by atoms with E-state index in [1.165, 1.54) is 0 Å². The largest absolute Gasteiger partial charge is 0.365 e. The van der Waals surface area contributed by atoms with Gasteiger partial charge in [0.25, 0.3) is 0 Å². The van der Waals surface area contributed by atoms with Crippen molar-refractivity contribution >= 4 is 23.1 Å². The van der Waals surface area contributed by atoms with Crippen molar-refractivity contribution in [2.24, 2.45) is 0 Å². The van der Waals surface area contributed by atoms with Crippen molar-refractivity contribution in [1.82, 2.24) is 15.5 Å². The average molecular weight is 184 g/mol. The Morgan fingerprint density at radius 1 is 1.75 bits per heavy atom. The van der Waals surface area contributed by atoms with E-state index in [4.69, 9.17) is 12.2 Å². The summed E-state index contributed by atoms with van der Waals surface area (Å²) < 4.78 is 0. The predicted octanol–water partition coefficient (Wildman–Crippen LogP) is 0.888. The number of H-pyrrole nitrogens is 1. The number of hydrogen-bond acceptors (Lipinski definition) is 2. The first-order valence-corrected chi connectivity index (χ1v) is 4.20. The summed E-state index contributed by atoms with van der Waals surface area (Å²) in [6.07, 6.45) is 2.80. The Bertz CT molecular complexity index is 268. The Kier molecular flexibility index (Phi) is 3.04. The van der Waals surface area contributed by atoms with Crippen LogP contribution in [0.3, 0.4) is 0 Å². The van der Waals surface area contributed by atoms with Gasteiger partial charge in [-0.15, -0.1) is 0 Å². The molecule has 0 aliphatic heterocycles. The van der Waals surface area contributed by atoms with E-state index in [1.807, 2.05) is 6.20 Å². The zero-order chi connectivity index (χ0) is 8.97. The third-order valence-corrected chi connectivity index (χ3v) is 1.87. The van der Waals surface area contributed by atoms with Crippen molar-refractivity contribution < 1.29 is 0 Å². The molecule has 0 amide bonds. The van der Waals surface area contributed by atoms with E-state index in [1.54, 1.807) is 7.05 Å². The van der Waals surface area contributed by atoms with E-state index in [0.29, 0.717) is 5.11 Å². The molecule has 0 aromatic carbocycles. The van der Waals surface area contributed by atoms with Crippen LogP contribution in [0.15, 0.2) is 6.20 Å². The van der Waals surface area contributed by atoms with Crippen LogP contribution in [0.2, 0.25) is 0 Å². The van der Waals surface area contributed by atoms with E-state index in [9.17, 15) is 0 Å². The summed E-state index contributed by atoms with van der Waals surface area (Å²) in [5.41, 5.74) is 1.13. The summed E-state index contributed by atoms with van der Waals surface area (Å²) in [6, 6.07) is 0. The number of nitrogens with zero attached hydrogens (tertiary/aromatic N) is 1. The molecule has 0 bridgehead atoms. The standard InChI is InChI=1S/C7H12N4S/c1-3-5-4-9-11-6(5)10-7(12)8-2/h4H,3H2,1-2H3,(H3,8,9,10,11,12). The van der Waals surface area contributed by atoms with Crippen LogP contribution in [-0.4, -0.2) is 22.4 Å². The van der Waals surface area contributed by atoms with Crippen molar-refractivity contribution in [3.05, 3.63) is 11.8 Å². The number of aromatic amines is 1. The van der Waals surface area contributed by atoms with E-state index in [-0.39, 0.29) is 0 Å². The van der Waals surface area contributed by atoms with Gasteiger partial charge in [0.05, 0.1) is 0 Å². The molecular weight excluding hydrogens is 172 g/mol. The Hall–Kier alpha value is -1.10. The van der Waals surface area contributed by atoms with Gasteiger partial charge in [-0.3, -0.25) is 5.10 Å². The molecule has 0 atom stereocenters. The maximum absolute atomic E-state index is 4.93. The van der Waals surface area contributed by atoms with Crippen molar-refractivity contribution in [3.63, 3.8) is 0 Å². The third-order valence-electron chi connectivity index (χ3n) is 1.56. The van der Waals surface area contributed by atoms with Crippen LogP contribution in [0.5, 0.6) is 0 Å². The van der Waals surface area contributed by atoms with E-state index in [2.05, 4.69) is 27.8 Å². The molecule has 0 aliphatic carbocycles. The van der Waals surface area contributed by atoms with Crippen LogP contribution in [0.4, 0.5) is 5.82 Å². The number of hydrogen-bond donors (Lipinski definition) is 3. The van der Waals surface area contributed by atoms with Crippen LogP contribution in [0.1, 0.15) is 12.5 Å². The van der Waals surface area contributed by atoms with Gasteiger partial charge in [-0.05, 0) is 18.6 Å². The first-order chi connectivity index (χ1) is 5.77. The Labute approximate surface area is 76.7 Å². The first-order valence-electron chi connectivity index (χ1n) is 3.79. The lowest BCUT2D eigenvalue weighted by Gasteiger charge is -2.04. The lowest BCUT2D eigenvalue weighted by Crippen LogP contribution is -2.24. The van der Waals surface area contributed by atoms with Gasteiger partial charge >= 0.3 is 0 Å². The number of aryl methyl sites for hydroxylation is 1. The van der Waals surface area contributed by atoms with Crippen molar-refractivity contribution in [3.8, 4) is 0 Å². The maximum Gasteiger partial charge on any atom is 0.171 e. The normalized spacial score (nSPS) is 9.50. The zero-order valence-electron chi connectivity index (χ0n) is 7.14. The molecular formula is C7H12N4S. The van der Waals surface area contributed by atoms with Gasteiger partial charge in [-0.25, -0.2) is 0 Å². The van der Waals surface area contributed by atoms with Gasteiger partial charge in [0.15, 0.2) is 10.9 Å². The second-order valence-electron chi connectivity index (χ2n) is 2.32. The molecule has 0 saturated heterocycles. The molecule has 12 heavy (non-hydrogen) atoms. The van der Waals surface area contributed by atoms with Crippen molar-refractivity contribution in [1.29, 1.82) is 0 Å². The molecule has 1 aromatic heterocycles. The van der Waals surface area contributed by atoms with Gasteiger partial charge in [-0.2, -0.15) is 5.10 Å². The maximum atomic E-state index is 4.93. The van der Waals surface area contributed by atoms with E-state index < -0.39 is 0 Å². The number of nitrogens with one attached hydrogen (secondary N) is 3. The Morgan fingerprint density at radius 3 is 3.08 bits per heavy atom. The minimum Gasteiger partial charge on any atom is -0.365 e. The molecule has 0 fully saturated rings. The summed E-state index contributed by atoms with van der Waals surface area (Å²) in [5.74, 6) is 0.803. The van der Waals surface area contributed by atoms with Gasteiger partial charge < -0.3 is 10.6 Å². The molecule has 1 rings (SSSR count). The molecule has 0 saturated carbocycles. The molecule has 66 valence electrons. The fourth-order valence-corrected chi connectivity index (χ4v) is 0.959. The van der Waals surface area contributed by atoms with E-state index in [0.717, 1.165) is 17.8 Å². The van der Waals surface area contributed by atoms with Gasteiger partial charge in [0, 0.05) is 18.8 Å². The summed E-state index contributed by atoms with van der Waals surface area (Å²) in [5, 5.41) is 13.2. The van der Waals surface area contributed by atoms with Crippen LogP contribution in [-0.2, 0) is 6.42 Å². The number of thiocarbonyl (C=S) groups is 1. The van der Waals surface area contributed by atoms with Crippen molar-refractivity contribution in [2.75, 3.05) is 12.4 Å². The zero-order valence-corrected chi connectivity index (χ0v) is 7.96. The molecule has 1 aromatic rings. The molecule has 0 radical (unpaired) electrons. The smallest absolute Gasteiger partial charge is 0.171 e. The second kappa shape index (κ2) is 4.06. The molecule has 0 unspecified atom stereocenters. The highest BCUT2D eigenvalue weighted by molar-refractivity contribution is 7.80. The van der Waals surface area contributed by atoms with Crippen LogP contribution < -0.4 is 10.6 Å². The van der Waals surface area contributed by atoms with E-state index >= 15 is 0 Å². The highest BCUT2D eigenvalue weighted by Gasteiger charge is 2.03. The minimum absolute atomic E-state index is 0.580. The summed E-state index contributed by atoms with van der Waals surface area (Å²) >= 11 is 4.93. The summed E-state index contributed by atoms with van der Waals surface area (Å²) in [4.78, 5) is 0. The molecule has 0 aliphatic rings. The minimum atomic E-state index is 0.580. The number of anilines is 1. The predicted molar refractivity (Wildman–Crippen MR) is 53.2 cm³/mol. The molecule has 0 spiro atoms. The van der Waals surface area contributed by atoms with Crippen LogP contribution in [0, 0.1) is 0 Å². The van der Waals surface area contributed by atoms with Gasteiger partial charge in [0.1, 0.15) is 0 Å². The topological polar surface area (TPSA) is 52.7 Å². The van der Waals surface area contributed by atoms with Crippen LogP contribution >= 0.6 is 12.2 Å². The van der Waals surface area contributed by atoms with Gasteiger partial charge in [-0.1, -0.05) is 6.92 Å². The molecule has 4 nitrogen and oxygen atoms in total. The SMILES string of the molecule is CCc1c[nH]nc1NC(=S)NC. The van der Waals surface area contributed by atoms with Crippen molar-refractivity contribution in [2.45, 2.75) is 13.3 Å². The highest BCUT2D eigenvalue weighted by atomic mass is 32.1. The second-order valence-corrected chi connectivity index (χ2v) is 2.73. The Morgan fingerprint density at radius 2 is 2.50 bits per heavy atom.